The molecule has 0 amide bonds. The second-order valence-electron chi connectivity index (χ2n) is 5.97. The van der Waals surface area contributed by atoms with Gasteiger partial charge in [-0.15, -0.1) is 0 Å². The average molecular weight is 260 g/mol. The van der Waals surface area contributed by atoms with Crippen LogP contribution in [0.3, 0.4) is 0 Å². The third-order valence-electron chi connectivity index (χ3n) is 4.47. The number of likely N-dealkylation sites (tertiary alicyclic amines) is 1. The Kier molecular flexibility index (Phi) is 3.76. The number of hydrogen-bond acceptors (Lipinski definition) is 3. The van der Waals surface area contributed by atoms with E-state index in [2.05, 4.69) is 35.3 Å². The molecule has 0 spiro atoms. The first kappa shape index (κ1) is 12.9. The Morgan fingerprint density at radius 3 is 2.89 bits per heavy atom. The first-order valence-electron chi connectivity index (χ1n) is 7.36. The van der Waals surface area contributed by atoms with Crippen molar-refractivity contribution in [3.63, 3.8) is 0 Å². The van der Waals surface area contributed by atoms with E-state index in [1.165, 1.54) is 43.5 Å². The number of ether oxygens (including phenoxy) is 1. The molecule has 0 aromatic heterocycles. The molecule has 3 nitrogen and oxygen atoms in total. The fraction of sp³-hybridized carbons (Fsp3) is 0.625. The monoisotopic (exact) mass is 260 g/mol. The maximum Gasteiger partial charge on any atom is 0.121 e. The smallest absolute Gasteiger partial charge is 0.121 e. The SMILES string of the molecule is COc1ccc(CN2CCC3CCC(C2)N3)cc1C. The molecule has 0 radical (unpaired) electrons. The Hall–Kier alpha value is -1.06. The van der Waals surface area contributed by atoms with Gasteiger partial charge in [0.25, 0.3) is 0 Å². The first-order chi connectivity index (χ1) is 9.24. The number of rotatable bonds is 3. The van der Waals surface area contributed by atoms with Crippen LogP contribution in [0.4, 0.5) is 0 Å². The molecule has 1 aromatic rings. The number of hydrogen-bond donors (Lipinski definition) is 1. The van der Waals surface area contributed by atoms with E-state index in [4.69, 9.17) is 4.74 Å². The van der Waals surface area contributed by atoms with E-state index in [9.17, 15) is 0 Å². The molecule has 0 aliphatic carbocycles. The van der Waals surface area contributed by atoms with Crippen LogP contribution in [0.5, 0.6) is 5.75 Å². The van der Waals surface area contributed by atoms with Crippen molar-refractivity contribution in [2.45, 2.75) is 44.8 Å². The molecule has 2 atom stereocenters. The van der Waals surface area contributed by atoms with E-state index in [0.717, 1.165) is 18.3 Å². The summed E-state index contributed by atoms with van der Waals surface area (Å²) in [6.45, 7) is 5.60. The summed E-state index contributed by atoms with van der Waals surface area (Å²) in [7, 11) is 1.74. The molecule has 3 heteroatoms. The van der Waals surface area contributed by atoms with Crippen LogP contribution in [-0.4, -0.2) is 37.2 Å². The molecule has 104 valence electrons. The second-order valence-corrected chi connectivity index (χ2v) is 5.97. The van der Waals surface area contributed by atoms with E-state index in [-0.39, 0.29) is 0 Å². The fourth-order valence-electron chi connectivity index (χ4n) is 3.46. The van der Waals surface area contributed by atoms with E-state index >= 15 is 0 Å². The molecule has 2 fully saturated rings. The molecule has 2 saturated heterocycles. The van der Waals surface area contributed by atoms with Crippen LogP contribution in [0, 0.1) is 6.92 Å². The molecular formula is C16H24N2O. The lowest BCUT2D eigenvalue weighted by Gasteiger charge is -2.24. The van der Waals surface area contributed by atoms with Crippen molar-refractivity contribution < 1.29 is 4.74 Å². The maximum absolute atomic E-state index is 5.33. The molecule has 3 rings (SSSR count). The minimum absolute atomic E-state index is 0.715. The van der Waals surface area contributed by atoms with Gasteiger partial charge in [-0.1, -0.05) is 12.1 Å². The van der Waals surface area contributed by atoms with Gasteiger partial charge < -0.3 is 10.1 Å². The lowest BCUT2D eigenvalue weighted by Crippen LogP contribution is -2.34. The van der Waals surface area contributed by atoms with Crippen LogP contribution < -0.4 is 10.1 Å². The molecule has 2 aliphatic heterocycles. The minimum atomic E-state index is 0.715. The minimum Gasteiger partial charge on any atom is -0.496 e. The van der Waals surface area contributed by atoms with Gasteiger partial charge >= 0.3 is 0 Å². The summed E-state index contributed by atoms with van der Waals surface area (Å²) in [6, 6.07) is 8.03. The van der Waals surface area contributed by atoms with Crippen molar-refractivity contribution >= 4 is 0 Å². The molecule has 19 heavy (non-hydrogen) atoms. The quantitative estimate of drug-likeness (QED) is 0.902. The van der Waals surface area contributed by atoms with E-state index in [0.29, 0.717) is 6.04 Å². The van der Waals surface area contributed by atoms with Crippen LogP contribution in [0.1, 0.15) is 30.4 Å². The molecule has 1 aromatic carbocycles. The number of aryl methyl sites for hydroxylation is 1. The number of fused-ring (bicyclic) bond motifs is 2. The summed E-state index contributed by atoms with van der Waals surface area (Å²) in [6.07, 6.45) is 4.02. The molecule has 2 unspecified atom stereocenters. The molecule has 2 heterocycles. The van der Waals surface area contributed by atoms with Gasteiger partial charge in [0.05, 0.1) is 7.11 Å². The zero-order chi connectivity index (χ0) is 13.2. The van der Waals surface area contributed by atoms with Gasteiger partial charge in [-0.3, -0.25) is 4.90 Å². The molecule has 2 aliphatic rings. The first-order valence-corrected chi connectivity index (χ1v) is 7.36. The summed E-state index contributed by atoms with van der Waals surface area (Å²) in [5, 5.41) is 3.74. The number of nitrogens with zero attached hydrogens (tertiary/aromatic N) is 1. The van der Waals surface area contributed by atoms with E-state index < -0.39 is 0 Å². The van der Waals surface area contributed by atoms with Crippen LogP contribution in [0.15, 0.2) is 18.2 Å². The molecule has 2 bridgehead atoms. The number of benzene rings is 1. The topological polar surface area (TPSA) is 24.5 Å². The van der Waals surface area contributed by atoms with Gasteiger partial charge in [-0.05, 0) is 43.4 Å². The van der Waals surface area contributed by atoms with E-state index in [1.807, 2.05) is 0 Å². The van der Waals surface area contributed by atoms with Gasteiger partial charge in [0, 0.05) is 31.7 Å². The second kappa shape index (κ2) is 5.51. The highest BCUT2D eigenvalue weighted by Crippen LogP contribution is 2.23. The Balaban J connectivity index is 1.66. The van der Waals surface area contributed by atoms with Crippen molar-refractivity contribution in [3.8, 4) is 5.75 Å². The Labute approximate surface area is 115 Å². The third-order valence-corrected chi connectivity index (χ3v) is 4.47. The Morgan fingerprint density at radius 2 is 2.11 bits per heavy atom. The summed E-state index contributed by atoms with van der Waals surface area (Å²) >= 11 is 0. The van der Waals surface area contributed by atoms with Crippen molar-refractivity contribution in [2.75, 3.05) is 20.2 Å². The zero-order valence-corrected chi connectivity index (χ0v) is 12.0. The van der Waals surface area contributed by atoms with Crippen molar-refractivity contribution in [3.05, 3.63) is 29.3 Å². The predicted octanol–water partition coefficient (Wildman–Crippen LogP) is 2.33. The van der Waals surface area contributed by atoms with Crippen LogP contribution in [-0.2, 0) is 6.54 Å². The largest absolute Gasteiger partial charge is 0.496 e. The summed E-state index contributed by atoms with van der Waals surface area (Å²) in [4.78, 5) is 2.60. The Morgan fingerprint density at radius 1 is 1.26 bits per heavy atom. The normalized spacial score (nSPS) is 27.3. The fourth-order valence-corrected chi connectivity index (χ4v) is 3.46. The van der Waals surface area contributed by atoms with Gasteiger partial charge in [0.1, 0.15) is 5.75 Å². The predicted molar refractivity (Wildman–Crippen MR) is 77.6 cm³/mol. The van der Waals surface area contributed by atoms with Crippen LogP contribution in [0.2, 0.25) is 0 Å². The zero-order valence-electron chi connectivity index (χ0n) is 12.0. The standard InChI is InChI=1S/C16H24N2O/c1-12-9-13(3-6-16(12)19-2)10-18-8-7-14-4-5-15(11-18)17-14/h3,6,9,14-15,17H,4-5,7-8,10-11H2,1-2H3. The molecular weight excluding hydrogens is 236 g/mol. The maximum atomic E-state index is 5.33. The van der Waals surface area contributed by atoms with Gasteiger partial charge in [0.2, 0.25) is 0 Å². The average Bonchev–Trinajstić information content (AvgIpc) is 2.73. The van der Waals surface area contributed by atoms with Crippen molar-refractivity contribution in [1.82, 2.24) is 10.2 Å². The van der Waals surface area contributed by atoms with Gasteiger partial charge in [-0.2, -0.15) is 0 Å². The van der Waals surface area contributed by atoms with Crippen molar-refractivity contribution in [1.29, 1.82) is 0 Å². The highest BCUT2D eigenvalue weighted by atomic mass is 16.5. The van der Waals surface area contributed by atoms with E-state index in [1.54, 1.807) is 7.11 Å². The number of methoxy groups -OCH3 is 1. The van der Waals surface area contributed by atoms with Crippen molar-refractivity contribution in [2.24, 2.45) is 0 Å². The lowest BCUT2D eigenvalue weighted by molar-refractivity contribution is 0.251. The number of nitrogens with one attached hydrogen (secondary N) is 1. The Bertz CT molecular complexity index is 446. The summed E-state index contributed by atoms with van der Waals surface area (Å²) < 4.78 is 5.33. The highest BCUT2D eigenvalue weighted by molar-refractivity contribution is 5.36. The van der Waals surface area contributed by atoms with Crippen LogP contribution >= 0.6 is 0 Å². The third kappa shape index (κ3) is 2.93. The van der Waals surface area contributed by atoms with Gasteiger partial charge in [-0.25, -0.2) is 0 Å². The summed E-state index contributed by atoms with van der Waals surface area (Å²) in [5.41, 5.74) is 2.63. The van der Waals surface area contributed by atoms with Gasteiger partial charge in [0.15, 0.2) is 0 Å². The highest BCUT2D eigenvalue weighted by Gasteiger charge is 2.28. The molecule has 1 N–H and O–H groups in total. The molecule has 0 saturated carbocycles. The summed E-state index contributed by atoms with van der Waals surface area (Å²) in [5.74, 6) is 0.986. The van der Waals surface area contributed by atoms with Crippen LogP contribution in [0.25, 0.3) is 0 Å². The lowest BCUT2D eigenvalue weighted by atomic mass is 10.1.